The Labute approximate surface area is 157 Å². The molecule has 27 heavy (non-hydrogen) atoms. The number of esters is 1. The molecule has 0 unspecified atom stereocenters. The number of hydrogen-bond donors (Lipinski definition) is 1. The van der Waals surface area contributed by atoms with Crippen LogP contribution in [0.1, 0.15) is 25.8 Å². The SMILES string of the molecule is CCc1ccc(N2C[C@H](C(=O)O[C@H](C)C(=O)N3CCNC3=O)CC2=O)cc1. The van der Waals surface area contributed by atoms with E-state index < -0.39 is 29.9 Å². The van der Waals surface area contributed by atoms with Gasteiger partial charge in [0.1, 0.15) is 0 Å². The normalized spacial score (nSPS) is 20.6. The summed E-state index contributed by atoms with van der Waals surface area (Å²) in [6, 6.07) is 7.15. The van der Waals surface area contributed by atoms with Crippen LogP contribution in [0.25, 0.3) is 0 Å². The first-order valence-electron chi connectivity index (χ1n) is 9.09. The zero-order chi connectivity index (χ0) is 19.6. The van der Waals surface area contributed by atoms with E-state index in [4.69, 9.17) is 4.74 Å². The number of carbonyl (C=O) groups is 4. The molecule has 2 aliphatic heterocycles. The van der Waals surface area contributed by atoms with E-state index in [1.54, 1.807) is 4.90 Å². The average molecular weight is 373 g/mol. The molecule has 0 spiro atoms. The lowest BCUT2D eigenvalue weighted by molar-refractivity contribution is -0.160. The Bertz CT molecular complexity index is 761. The molecule has 0 saturated carbocycles. The molecular formula is C19H23N3O5. The summed E-state index contributed by atoms with van der Waals surface area (Å²) in [4.78, 5) is 51.1. The van der Waals surface area contributed by atoms with Gasteiger partial charge < -0.3 is 15.0 Å². The lowest BCUT2D eigenvalue weighted by Gasteiger charge is -2.20. The molecular weight excluding hydrogens is 350 g/mol. The lowest BCUT2D eigenvalue weighted by atomic mass is 10.1. The third kappa shape index (κ3) is 3.94. The fraction of sp³-hybridized carbons (Fsp3) is 0.474. The fourth-order valence-corrected chi connectivity index (χ4v) is 3.25. The van der Waals surface area contributed by atoms with Crippen molar-refractivity contribution >= 4 is 29.5 Å². The highest BCUT2D eigenvalue weighted by atomic mass is 16.5. The number of nitrogens with one attached hydrogen (secondary N) is 1. The van der Waals surface area contributed by atoms with Crippen LogP contribution >= 0.6 is 0 Å². The van der Waals surface area contributed by atoms with Crippen molar-refractivity contribution in [3.8, 4) is 0 Å². The molecule has 1 N–H and O–H groups in total. The van der Waals surface area contributed by atoms with Gasteiger partial charge in [0.05, 0.1) is 5.92 Å². The van der Waals surface area contributed by atoms with Gasteiger partial charge in [0, 0.05) is 31.7 Å². The van der Waals surface area contributed by atoms with Crippen LogP contribution in [0.4, 0.5) is 10.5 Å². The molecule has 1 aromatic rings. The van der Waals surface area contributed by atoms with Gasteiger partial charge in [-0.25, -0.2) is 4.79 Å². The van der Waals surface area contributed by atoms with Gasteiger partial charge in [-0.15, -0.1) is 0 Å². The quantitative estimate of drug-likeness (QED) is 0.780. The molecule has 0 bridgehead atoms. The average Bonchev–Trinajstić information content (AvgIpc) is 3.26. The summed E-state index contributed by atoms with van der Waals surface area (Å²) in [6.07, 6.45) is -0.127. The van der Waals surface area contributed by atoms with Gasteiger partial charge in [0.15, 0.2) is 6.10 Å². The number of hydrogen-bond acceptors (Lipinski definition) is 5. The molecule has 2 fully saturated rings. The third-order valence-electron chi connectivity index (χ3n) is 4.88. The Morgan fingerprint density at radius 2 is 1.96 bits per heavy atom. The topological polar surface area (TPSA) is 96.0 Å². The summed E-state index contributed by atoms with van der Waals surface area (Å²) in [6.45, 7) is 4.34. The molecule has 0 aromatic heterocycles. The molecule has 1 aromatic carbocycles. The summed E-state index contributed by atoms with van der Waals surface area (Å²) in [5, 5.41) is 2.53. The van der Waals surface area contributed by atoms with Gasteiger partial charge in [0.2, 0.25) is 5.91 Å². The van der Waals surface area contributed by atoms with Crippen molar-refractivity contribution < 1.29 is 23.9 Å². The second kappa shape index (κ2) is 7.77. The molecule has 4 amide bonds. The van der Waals surface area contributed by atoms with Crippen molar-refractivity contribution in [1.82, 2.24) is 10.2 Å². The van der Waals surface area contributed by atoms with E-state index in [-0.39, 0.29) is 25.4 Å². The second-order valence-electron chi connectivity index (χ2n) is 6.73. The highest BCUT2D eigenvalue weighted by Crippen LogP contribution is 2.26. The van der Waals surface area contributed by atoms with Gasteiger partial charge in [-0.1, -0.05) is 19.1 Å². The Balaban J connectivity index is 1.59. The van der Waals surface area contributed by atoms with Crippen molar-refractivity contribution in [2.45, 2.75) is 32.8 Å². The highest BCUT2D eigenvalue weighted by Gasteiger charge is 2.38. The molecule has 8 nitrogen and oxygen atoms in total. The second-order valence-corrected chi connectivity index (χ2v) is 6.73. The monoisotopic (exact) mass is 373 g/mol. The van der Waals surface area contributed by atoms with E-state index in [0.29, 0.717) is 6.54 Å². The van der Waals surface area contributed by atoms with Crippen LogP contribution in [0.5, 0.6) is 0 Å². The molecule has 144 valence electrons. The zero-order valence-electron chi connectivity index (χ0n) is 15.4. The first-order valence-corrected chi connectivity index (χ1v) is 9.09. The van der Waals surface area contributed by atoms with Gasteiger partial charge in [0.25, 0.3) is 5.91 Å². The molecule has 2 saturated heterocycles. The van der Waals surface area contributed by atoms with E-state index in [2.05, 4.69) is 12.2 Å². The highest BCUT2D eigenvalue weighted by molar-refractivity contribution is 6.01. The summed E-state index contributed by atoms with van der Waals surface area (Å²) in [5.74, 6) is -1.95. The minimum Gasteiger partial charge on any atom is -0.452 e. The predicted octanol–water partition coefficient (Wildman–Crippen LogP) is 1.09. The molecule has 3 rings (SSSR count). The van der Waals surface area contributed by atoms with Crippen LogP contribution in [-0.2, 0) is 25.5 Å². The van der Waals surface area contributed by atoms with Crippen molar-refractivity contribution in [3.05, 3.63) is 29.8 Å². The number of amides is 4. The summed E-state index contributed by atoms with van der Waals surface area (Å²) in [5.41, 5.74) is 1.91. The van der Waals surface area contributed by atoms with Gasteiger partial charge in [-0.05, 0) is 31.0 Å². The molecule has 8 heteroatoms. The van der Waals surface area contributed by atoms with Gasteiger partial charge in [-0.3, -0.25) is 19.3 Å². The first-order chi connectivity index (χ1) is 12.9. The Kier molecular flexibility index (Phi) is 5.43. The van der Waals surface area contributed by atoms with Crippen molar-refractivity contribution in [1.29, 1.82) is 0 Å². The number of anilines is 1. The minimum absolute atomic E-state index is 0.0411. The van der Waals surface area contributed by atoms with Crippen LogP contribution in [0.3, 0.4) is 0 Å². The predicted molar refractivity (Wildman–Crippen MR) is 96.9 cm³/mol. The number of imide groups is 1. The fourth-order valence-electron chi connectivity index (χ4n) is 3.25. The lowest BCUT2D eigenvalue weighted by Crippen LogP contribution is -2.42. The van der Waals surface area contributed by atoms with Crippen LogP contribution in [0.2, 0.25) is 0 Å². The Morgan fingerprint density at radius 1 is 1.26 bits per heavy atom. The number of benzene rings is 1. The molecule has 2 heterocycles. The van der Waals surface area contributed by atoms with E-state index in [1.807, 2.05) is 24.3 Å². The number of rotatable bonds is 5. The molecule has 2 atom stereocenters. The van der Waals surface area contributed by atoms with Crippen LogP contribution in [0, 0.1) is 5.92 Å². The van der Waals surface area contributed by atoms with E-state index >= 15 is 0 Å². The van der Waals surface area contributed by atoms with Gasteiger partial charge in [-0.2, -0.15) is 0 Å². The zero-order valence-corrected chi connectivity index (χ0v) is 15.4. The molecule has 2 aliphatic rings. The third-order valence-corrected chi connectivity index (χ3v) is 4.88. The number of urea groups is 1. The van der Waals surface area contributed by atoms with E-state index in [1.165, 1.54) is 12.5 Å². The summed E-state index contributed by atoms with van der Waals surface area (Å²) in [7, 11) is 0. The van der Waals surface area contributed by atoms with Crippen LogP contribution < -0.4 is 10.2 Å². The number of aryl methyl sites for hydroxylation is 1. The van der Waals surface area contributed by atoms with Crippen LogP contribution in [0.15, 0.2) is 24.3 Å². The van der Waals surface area contributed by atoms with E-state index in [9.17, 15) is 19.2 Å². The Morgan fingerprint density at radius 3 is 2.56 bits per heavy atom. The largest absolute Gasteiger partial charge is 0.452 e. The van der Waals surface area contributed by atoms with Crippen LogP contribution in [-0.4, -0.2) is 54.5 Å². The smallest absolute Gasteiger partial charge is 0.324 e. The maximum absolute atomic E-state index is 12.4. The van der Waals surface area contributed by atoms with Crippen molar-refractivity contribution in [3.63, 3.8) is 0 Å². The maximum Gasteiger partial charge on any atom is 0.324 e. The number of nitrogens with zero attached hydrogens (tertiary/aromatic N) is 2. The van der Waals surface area contributed by atoms with Gasteiger partial charge >= 0.3 is 12.0 Å². The van der Waals surface area contributed by atoms with Crippen molar-refractivity contribution in [2.24, 2.45) is 5.92 Å². The summed E-state index contributed by atoms with van der Waals surface area (Å²) >= 11 is 0. The van der Waals surface area contributed by atoms with E-state index in [0.717, 1.165) is 17.0 Å². The Hall–Kier alpha value is -2.90. The standard InChI is InChI=1S/C19H23N3O5/c1-3-13-4-6-15(7-5-13)22-11-14(10-16(22)23)18(25)27-12(2)17(24)21-9-8-20-19(21)26/h4-7,12,14H,3,8-11H2,1-2H3,(H,20,26)/t12-,14-/m1/s1. The summed E-state index contributed by atoms with van der Waals surface area (Å²) < 4.78 is 5.24. The maximum atomic E-state index is 12.4. The first kappa shape index (κ1) is 18.9. The minimum atomic E-state index is -1.07. The number of carbonyl (C=O) groups excluding carboxylic acids is 4. The van der Waals surface area contributed by atoms with Crippen molar-refractivity contribution in [2.75, 3.05) is 24.5 Å². The number of ether oxygens (including phenoxy) is 1. The molecule has 0 aliphatic carbocycles. The molecule has 0 radical (unpaired) electrons.